The molecule has 0 radical (unpaired) electrons. The Balaban J connectivity index is 2.16. The predicted molar refractivity (Wildman–Crippen MR) is 78.1 cm³/mol. The maximum Gasteiger partial charge on any atom is 0.126 e. The Morgan fingerprint density at radius 3 is 2.68 bits per heavy atom. The molecule has 19 heavy (non-hydrogen) atoms. The van der Waals surface area contributed by atoms with Crippen LogP contribution in [0.4, 0.5) is 4.39 Å². The lowest BCUT2D eigenvalue weighted by Crippen LogP contribution is -2.28. The minimum atomic E-state index is -0.368. The molecule has 0 amide bonds. The normalized spacial score (nSPS) is 26.9. The van der Waals surface area contributed by atoms with Crippen molar-refractivity contribution in [3.63, 3.8) is 0 Å². The highest BCUT2D eigenvalue weighted by molar-refractivity contribution is 9.10. The first kappa shape index (κ1) is 14.5. The van der Waals surface area contributed by atoms with Crippen molar-refractivity contribution in [2.24, 2.45) is 11.3 Å². The molecule has 1 aromatic rings. The molecule has 1 nitrogen and oxygen atoms in total. The Labute approximate surface area is 123 Å². The molecule has 0 saturated heterocycles. The van der Waals surface area contributed by atoms with E-state index in [2.05, 4.69) is 28.9 Å². The average Bonchev–Trinajstić information content (AvgIpc) is 2.44. The molecule has 0 aromatic heterocycles. The zero-order valence-corrected chi connectivity index (χ0v) is 12.8. The molecule has 1 fully saturated rings. The predicted octanol–water partition coefficient (Wildman–Crippen LogP) is 5.24. The van der Waals surface area contributed by atoms with E-state index in [4.69, 9.17) is 0 Å². The van der Waals surface area contributed by atoms with E-state index in [9.17, 15) is 9.65 Å². The van der Waals surface area contributed by atoms with E-state index < -0.39 is 0 Å². The van der Waals surface area contributed by atoms with Crippen LogP contribution >= 0.6 is 15.9 Å². The van der Waals surface area contributed by atoms with Gasteiger partial charge in [0.1, 0.15) is 5.82 Å². The molecule has 2 rings (SSSR count). The van der Waals surface area contributed by atoms with Crippen molar-refractivity contribution in [2.45, 2.75) is 45.4 Å². The third kappa shape index (κ3) is 3.36. The van der Waals surface area contributed by atoms with Crippen LogP contribution in [0.15, 0.2) is 22.7 Å². The molecule has 1 aromatic carbocycles. The van der Waals surface area contributed by atoms with Gasteiger partial charge >= 0.3 is 0 Å². The van der Waals surface area contributed by atoms with E-state index in [1.807, 2.05) is 0 Å². The van der Waals surface area contributed by atoms with E-state index in [0.29, 0.717) is 12.0 Å². The van der Waals surface area contributed by atoms with Gasteiger partial charge in [0.25, 0.3) is 0 Å². The summed E-state index contributed by atoms with van der Waals surface area (Å²) in [7, 11) is 0. The van der Waals surface area contributed by atoms with Gasteiger partial charge in [-0.15, -0.1) is 0 Å². The smallest absolute Gasteiger partial charge is 0.126 e. The van der Waals surface area contributed by atoms with Gasteiger partial charge in [0.15, 0.2) is 0 Å². The lowest BCUT2D eigenvalue weighted by Gasteiger charge is -2.34. The zero-order chi connectivity index (χ0) is 13.9. The maximum atomic E-state index is 13.8. The summed E-state index contributed by atoms with van der Waals surface area (Å²) in [5.74, 6) is 0.546. The number of rotatable bonds is 3. The van der Waals surface area contributed by atoms with E-state index in [0.717, 1.165) is 36.1 Å². The van der Waals surface area contributed by atoms with Crippen LogP contribution in [-0.2, 0) is 6.42 Å². The summed E-state index contributed by atoms with van der Waals surface area (Å²) in [4.78, 5) is 0. The fourth-order valence-corrected chi connectivity index (χ4v) is 3.42. The quantitative estimate of drug-likeness (QED) is 0.746. The zero-order valence-electron chi connectivity index (χ0n) is 11.3. The van der Waals surface area contributed by atoms with Gasteiger partial charge in [-0.3, -0.25) is 0 Å². The second kappa shape index (κ2) is 6.05. The average molecular weight is 324 g/mol. The van der Waals surface area contributed by atoms with Crippen LogP contribution in [0.1, 0.15) is 44.6 Å². The first-order valence-electron chi connectivity index (χ1n) is 6.94. The topological polar surface area (TPSA) is 23.8 Å². The van der Waals surface area contributed by atoms with Crippen molar-refractivity contribution < 1.29 is 4.39 Å². The minimum Gasteiger partial charge on any atom is -0.207 e. The van der Waals surface area contributed by atoms with Crippen LogP contribution in [0.3, 0.4) is 0 Å². The molecule has 102 valence electrons. The number of nitrogens with zero attached hydrogens (tertiary/aromatic N) is 1. The second-order valence-corrected chi connectivity index (χ2v) is 6.57. The Hall–Kier alpha value is -0.880. The van der Waals surface area contributed by atoms with Gasteiger partial charge in [-0.2, -0.15) is 5.26 Å². The SMILES string of the molecule is CCC1CCC(C#N)(Cc2cc(Br)ccc2F)CC1. The highest BCUT2D eigenvalue weighted by atomic mass is 79.9. The molecule has 1 saturated carbocycles. The fraction of sp³-hybridized carbons (Fsp3) is 0.562. The van der Waals surface area contributed by atoms with Gasteiger partial charge in [0.05, 0.1) is 11.5 Å². The summed E-state index contributed by atoms with van der Waals surface area (Å²) < 4.78 is 14.7. The lowest BCUT2D eigenvalue weighted by atomic mass is 9.68. The van der Waals surface area contributed by atoms with Crippen LogP contribution < -0.4 is 0 Å². The van der Waals surface area contributed by atoms with Gasteiger partial charge in [0, 0.05) is 4.47 Å². The summed E-state index contributed by atoms with van der Waals surface area (Å²) in [6, 6.07) is 7.46. The van der Waals surface area contributed by atoms with Gasteiger partial charge in [-0.05, 0) is 61.8 Å². The van der Waals surface area contributed by atoms with Crippen molar-refractivity contribution >= 4 is 15.9 Å². The minimum absolute atomic E-state index is 0.199. The third-order valence-corrected chi connectivity index (χ3v) is 4.91. The van der Waals surface area contributed by atoms with Gasteiger partial charge in [-0.1, -0.05) is 29.3 Å². The maximum absolute atomic E-state index is 13.8. The molecule has 3 heteroatoms. The molecule has 0 unspecified atom stereocenters. The van der Waals surface area contributed by atoms with Gasteiger partial charge in [0.2, 0.25) is 0 Å². The molecule has 0 bridgehead atoms. The number of nitriles is 1. The van der Waals surface area contributed by atoms with Crippen molar-refractivity contribution in [3.05, 3.63) is 34.1 Å². The number of benzene rings is 1. The Morgan fingerprint density at radius 2 is 2.11 bits per heavy atom. The first-order chi connectivity index (χ1) is 9.08. The fourth-order valence-electron chi connectivity index (χ4n) is 3.01. The molecule has 1 aliphatic carbocycles. The van der Waals surface area contributed by atoms with Crippen LogP contribution in [0.5, 0.6) is 0 Å². The van der Waals surface area contributed by atoms with Crippen molar-refractivity contribution in [1.29, 1.82) is 5.26 Å². The lowest BCUT2D eigenvalue weighted by molar-refractivity contribution is 0.203. The molecule has 0 N–H and O–H groups in total. The summed E-state index contributed by atoms with van der Waals surface area (Å²) in [5, 5.41) is 9.54. The van der Waals surface area contributed by atoms with Gasteiger partial charge in [-0.25, -0.2) is 4.39 Å². The third-order valence-electron chi connectivity index (χ3n) is 4.41. The molecular weight excluding hydrogens is 305 g/mol. The highest BCUT2D eigenvalue weighted by Gasteiger charge is 2.35. The van der Waals surface area contributed by atoms with Crippen molar-refractivity contribution in [1.82, 2.24) is 0 Å². The molecule has 1 aliphatic rings. The summed E-state index contributed by atoms with van der Waals surface area (Å²) in [6.45, 7) is 2.21. The summed E-state index contributed by atoms with van der Waals surface area (Å²) >= 11 is 3.37. The first-order valence-corrected chi connectivity index (χ1v) is 7.73. The molecule has 0 spiro atoms. The highest BCUT2D eigenvalue weighted by Crippen LogP contribution is 2.42. The summed E-state index contributed by atoms with van der Waals surface area (Å²) in [5.41, 5.74) is 0.290. The van der Waals surface area contributed by atoms with Crippen LogP contribution in [0, 0.1) is 28.5 Å². The van der Waals surface area contributed by atoms with Gasteiger partial charge < -0.3 is 0 Å². The Kier molecular flexibility index (Phi) is 4.62. The van der Waals surface area contributed by atoms with Crippen molar-refractivity contribution in [2.75, 3.05) is 0 Å². The van der Waals surface area contributed by atoms with E-state index in [-0.39, 0.29) is 11.2 Å². The van der Waals surface area contributed by atoms with E-state index in [1.165, 1.54) is 12.5 Å². The number of hydrogen-bond donors (Lipinski definition) is 0. The van der Waals surface area contributed by atoms with Crippen molar-refractivity contribution in [3.8, 4) is 6.07 Å². The van der Waals surface area contributed by atoms with Crippen LogP contribution in [0.25, 0.3) is 0 Å². The Morgan fingerprint density at radius 1 is 1.42 bits per heavy atom. The largest absolute Gasteiger partial charge is 0.207 e. The van der Waals surface area contributed by atoms with Crippen LogP contribution in [0.2, 0.25) is 0 Å². The number of hydrogen-bond acceptors (Lipinski definition) is 1. The van der Waals surface area contributed by atoms with E-state index >= 15 is 0 Å². The second-order valence-electron chi connectivity index (χ2n) is 5.66. The molecule has 0 heterocycles. The molecular formula is C16H19BrFN. The summed E-state index contributed by atoms with van der Waals surface area (Å²) in [6.07, 6.45) is 5.71. The standard InChI is InChI=1S/C16H19BrFN/c1-2-12-5-7-16(11-19,8-6-12)10-13-9-14(17)3-4-15(13)18/h3-4,9,12H,2,5-8,10H2,1H3. The van der Waals surface area contributed by atoms with E-state index in [1.54, 1.807) is 12.1 Å². The van der Waals surface area contributed by atoms with Crippen LogP contribution in [-0.4, -0.2) is 0 Å². The Bertz CT molecular complexity index is 484. The molecule has 0 atom stereocenters. The monoisotopic (exact) mass is 323 g/mol. The molecule has 0 aliphatic heterocycles. The number of halogens is 2.